The molecule has 2 aromatic heterocycles. The maximum Gasteiger partial charge on any atom is 0.262 e. The highest BCUT2D eigenvalue weighted by Gasteiger charge is 2.19. The van der Waals surface area contributed by atoms with E-state index in [4.69, 9.17) is 4.74 Å². The number of rotatable bonds is 7. The van der Waals surface area contributed by atoms with Gasteiger partial charge in [-0.3, -0.25) is 4.72 Å². The van der Waals surface area contributed by atoms with Crippen LogP contribution in [0, 0.1) is 20.8 Å². The Morgan fingerprint density at radius 1 is 0.939 bits per heavy atom. The molecule has 0 atom stereocenters. The van der Waals surface area contributed by atoms with E-state index in [9.17, 15) is 8.42 Å². The Morgan fingerprint density at radius 3 is 2.33 bits per heavy atom. The van der Waals surface area contributed by atoms with Crippen LogP contribution in [0.15, 0.2) is 65.8 Å². The summed E-state index contributed by atoms with van der Waals surface area (Å²) in [5.41, 5.74) is 2.55. The number of hydrogen-bond donors (Lipinski definition) is 2. The summed E-state index contributed by atoms with van der Waals surface area (Å²) in [5.74, 6) is 2.49. The van der Waals surface area contributed by atoms with Gasteiger partial charge in [-0.15, -0.1) is 0 Å². The Morgan fingerprint density at radius 2 is 1.67 bits per heavy atom. The molecule has 0 bridgehead atoms. The van der Waals surface area contributed by atoms with Crippen molar-refractivity contribution >= 4 is 27.2 Å². The lowest BCUT2D eigenvalue weighted by molar-refractivity contribution is 0.411. The first kappa shape index (κ1) is 22.3. The molecular formula is C23H24N6O3S. The van der Waals surface area contributed by atoms with Crippen LogP contribution in [0.5, 0.6) is 5.75 Å². The van der Waals surface area contributed by atoms with Gasteiger partial charge < -0.3 is 10.1 Å². The molecule has 170 valence electrons. The van der Waals surface area contributed by atoms with E-state index in [-0.39, 0.29) is 4.90 Å². The summed E-state index contributed by atoms with van der Waals surface area (Å²) in [5, 5.41) is 7.41. The minimum absolute atomic E-state index is 0.214. The van der Waals surface area contributed by atoms with Crippen LogP contribution in [0.4, 0.5) is 17.2 Å². The zero-order chi connectivity index (χ0) is 23.6. The van der Waals surface area contributed by atoms with Crippen LogP contribution in [0.3, 0.4) is 0 Å². The first-order chi connectivity index (χ1) is 15.7. The summed E-state index contributed by atoms with van der Waals surface area (Å²) in [6, 6.07) is 13.9. The topological polar surface area (TPSA) is 111 Å². The van der Waals surface area contributed by atoms with Gasteiger partial charge in [0.25, 0.3) is 10.0 Å². The Hall–Kier alpha value is -3.92. The second-order valence-corrected chi connectivity index (χ2v) is 9.16. The fraction of sp³-hybridized carbons (Fsp3) is 0.174. The van der Waals surface area contributed by atoms with Crippen LogP contribution in [0.1, 0.15) is 17.0 Å². The van der Waals surface area contributed by atoms with Crippen LogP contribution in [-0.2, 0) is 10.0 Å². The van der Waals surface area contributed by atoms with Crippen molar-refractivity contribution in [1.82, 2.24) is 19.7 Å². The lowest BCUT2D eigenvalue weighted by atomic mass is 10.1. The molecule has 0 saturated carbocycles. The van der Waals surface area contributed by atoms with Crippen LogP contribution in [0.2, 0.25) is 0 Å². The van der Waals surface area contributed by atoms with E-state index in [2.05, 4.69) is 25.1 Å². The van der Waals surface area contributed by atoms with Crippen molar-refractivity contribution in [3.8, 4) is 11.6 Å². The molecule has 0 unspecified atom stereocenters. The monoisotopic (exact) mass is 464 g/mol. The van der Waals surface area contributed by atoms with Crippen LogP contribution < -0.4 is 14.8 Å². The highest BCUT2D eigenvalue weighted by atomic mass is 32.2. The second kappa shape index (κ2) is 8.91. The summed E-state index contributed by atoms with van der Waals surface area (Å²) in [6.07, 6.45) is 3.48. The number of benzene rings is 2. The number of aryl methyl sites for hydroxylation is 3. The molecule has 0 amide bonds. The van der Waals surface area contributed by atoms with Crippen molar-refractivity contribution in [3.63, 3.8) is 0 Å². The molecule has 2 heterocycles. The minimum Gasteiger partial charge on any atom is -0.496 e. The van der Waals surface area contributed by atoms with Gasteiger partial charge in [0.15, 0.2) is 5.82 Å². The summed E-state index contributed by atoms with van der Waals surface area (Å²) in [6.45, 7) is 5.36. The molecule has 2 aromatic carbocycles. The van der Waals surface area contributed by atoms with Crippen molar-refractivity contribution in [1.29, 1.82) is 0 Å². The molecule has 9 nitrogen and oxygen atoms in total. The molecular weight excluding hydrogens is 440 g/mol. The van der Waals surface area contributed by atoms with Crippen molar-refractivity contribution in [3.05, 3.63) is 77.9 Å². The van der Waals surface area contributed by atoms with Gasteiger partial charge in [0, 0.05) is 29.8 Å². The lowest BCUT2D eigenvalue weighted by Gasteiger charge is -2.14. The number of anilines is 3. The predicted molar refractivity (Wildman–Crippen MR) is 127 cm³/mol. The van der Waals surface area contributed by atoms with Gasteiger partial charge in [0.05, 0.1) is 12.0 Å². The van der Waals surface area contributed by atoms with Gasteiger partial charge in [-0.05, 0) is 74.4 Å². The third-order valence-corrected chi connectivity index (χ3v) is 6.48. The van der Waals surface area contributed by atoms with E-state index >= 15 is 0 Å². The van der Waals surface area contributed by atoms with Gasteiger partial charge >= 0.3 is 0 Å². The fourth-order valence-electron chi connectivity index (χ4n) is 3.39. The molecule has 0 aliphatic rings. The molecule has 0 aliphatic carbocycles. The first-order valence-corrected chi connectivity index (χ1v) is 11.6. The number of aromatic nitrogens is 4. The minimum atomic E-state index is -3.76. The Labute approximate surface area is 192 Å². The van der Waals surface area contributed by atoms with Crippen LogP contribution in [0.25, 0.3) is 5.82 Å². The number of hydrogen-bond acceptors (Lipinski definition) is 7. The van der Waals surface area contributed by atoms with Crippen molar-refractivity contribution < 1.29 is 13.2 Å². The Balaban J connectivity index is 1.52. The van der Waals surface area contributed by atoms with E-state index in [0.29, 0.717) is 34.5 Å². The summed E-state index contributed by atoms with van der Waals surface area (Å²) < 4.78 is 35.5. The average Bonchev–Trinajstić information content (AvgIpc) is 3.31. The predicted octanol–water partition coefficient (Wildman–Crippen LogP) is 4.14. The van der Waals surface area contributed by atoms with Crippen LogP contribution in [-0.4, -0.2) is 35.3 Å². The van der Waals surface area contributed by atoms with E-state index in [1.54, 1.807) is 80.5 Å². The molecule has 10 heteroatoms. The molecule has 33 heavy (non-hydrogen) atoms. The highest BCUT2D eigenvalue weighted by Crippen LogP contribution is 2.27. The molecule has 0 saturated heterocycles. The molecule has 0 fully saturated rings. The molecule has 0 spiro atoms. The third kappa shape index (κ3) is 4.96. The molecule has 0 aliphatic heterocycles. The zero-order valence-electron chi connectivity index (χ0n) is 18.7. The number of nitrogens with zero attached hydrogens (tertiary/aromatic N) is 4. The van der Waals surface area contributed by atoms with E-state index in [1.807, 2.05) is 13.0 Å². The third-order valence-electron chi connectivity index (χ3n) is 4.96. The van der Waals surface area contributed by atoms with Crippen molar-refractivity contribution in [2.45, 2.75) is 25.7 Å². The standard InChI is InChI=1S/C23H24N6O3S/c1-15-13-21(16(2)12-20(15)32-4)33(30,31)28-19-8-6-18(7-9-19)27-22-14-23(26-17(3)25-22)29-11-5-10-24-29/h5-14,28H,1-4H3,(H,25,26,27). The van der Waals surface area contributed by atoms with Crippen LogP contribution >= 0.6 is 0 Å². The first-order valence-electron chi connectivity index (χ1n) is 10.2. The molecule has 2 N–H and O–H groups in total. The Kier molecular flexibility index (Phi) is 6.01. The van der Waals surface area contributed by atoms with E-state index in [0.717, 1.165) is 11.3 Å². The quantitative estimate of drug-likeness (QED) is 0.423. The smallest absolute Gasteiger partial charge is 0.262 e. The van der Waals surface area contributed by atoms with E-state index < -0.39 is 10.0 Å². The number of ether oxygens (including phenoxy) is 1. The number of methoxy groups -OCH3 is 1. The van der Waals surface area contributed by atoms with Gasteiger partial charge in [0.1, 0.15) is 17.4 Å². The van der Waals surface area contributed by atoms with Gasteiger partial charge in [-0.25, -0.2) is 23.1 Å². The maximum absolute atomic E-state index is 12.9. The molecule has 4 rings (SSSR count). The fourth-order valence-corrected chi connectivity index (χ4v) is 4.76. The zero-order valence-corrected chi connectivity index (χ0v) is 19.5. The van der Waals surface area contributed by atoms with Gasteiger partial charge in [-0.2, -0.15) is 5.10 Å². The van der Waals surface area contributed by atoms with E-state index in [1.165, 1.54) is 0 Å². The number of nitrogens with one attached hydrogen (secondary N) is 2. The maximum atomic E-state index is 12.9. The molecule has 4 aromatic rings. The van der Waals surface area contributed by atoms with Gasteiger partial charge in [0.2, 0.25) is 0 Å². The lowest BCUT2D eigenvalue weighted by Crippen LogP contribution is -2.14. The van der Waals surface area contributed by atoms with Crippen molar-refractivity contribution in [2.75, 3.05) is 17.1 Å². The van der Waals surface area contributed by atoms with Gasteiger partial charge in [-0.1, -0.05) is 0 Å². The Bertz CT molecular complexity index is 1380. The SMILES string of the molecule is COc1cc(C)c(S(=O)(=O)Nc2ccc(Nc3cc(-n4cccn4)nc(C)n3)cc2)cc1C. The number of sulfonamides is 1. The largest absolute Gasteiger partial charge is 0.496 e. The summed E-state index contributed by atoms with van der Waals surface area (Å²) in [7, 11) is -2.20. The second-order valence-electron chi connectivity index (χ2n) is 7.50. The average molecular weight is 465 g/mol. The van der Waals surface area contributed by atoms with Crippen molar-refractivity contribution in [2.24, 2.45) is 0 Å². The molecule has 0 radical (unpaired) electrons. The summed E-state index contributed by atoms with van der Waals surface area (Å²) >= 11 is 0. The highest BCUT2D eigenvalue weighted by molar-refractivity contribution is 7.92. The normalized spacial score (nSPS) is 11.3. The summed E-state index contributed by atoms with van der Waals surface area (Å²) in [4.78, 5) is 9.01.